The van der Waals surface area contributed by atoms with Gasteiger partial charge in [0.2, 0.25) is 5.91 Å². The summed E-state index contributed by atoms with van der Waals surface area (Å²) in [5, 5.41) is 0. The molecule has 3 nitrogen and oxygen atoms in total. The van der Waals surface area contributed by atoms with Gasteiger partial charge >= 0.3 is 6.18 Å². The maximum absolute atomic E-state index is 12.7. The maximum Gasteiger partial charge on any atom is 0.416 e. The first kappa shape index (κ1) is 16.8. The van der Waals surface area contributed by atoms with Crippen LogP contribution in [0, 0.1) is 5.92 Å². The lowest BCUT2D eigenvalue weighted by atomic mass is 9.98. The molecule has 1 aromatic rings. The monoisotopic (exact) mass is 314 g/mol. The van der Waals surface area contributed by atoms with Crippen LogP contribution in [-0.4, -0.2) is 29.9 Å². The lowest BCUT2D eigenvalue weighted by Crippen LogP contribution is -2.42. The van der Waals surface area contributed by atoms with Gasteiger partial charge in [0.15, 0.2) is 0 Å². The Kier molecular flexibility index (Phi) is 5.11. The molecule has 122 valence electrons. The molecular weight excluding hydrogens is 293 g/mol. The number of nitrogens with two attached hydrogens (primary N) is 1. The Balaban J connectivity index is 2.05. The van der Waals surface area contributed by atoms with Crippen molar-refractivity contribution in [3.05, 3.63) is 35.4 Å². The van der Waals surface area contributed by atoms with Crippen LogP contribution in [0.1, 0.15) is 30.9 Å². The number of carbonyl (C=O) groups excluding carboxylic acids is 1. The van der Waals surface area contributed by atoms with Crippen LogP contribution in [0.5, 0.6) is 0 Å². The summed E-state index contributed by atoms with van der Waals surface area (Å²) in [7, 11) is 0. The molecule has 2 atom stereocenters. The Morgan fingerprint density at radius 2 is 2.18 bits per heavy atom. The molecule has 0 aliphatic carbocycles. The summed E-state index contributed by atoms with van der Waals surface area (Å²) in [4.78, 5) is 14.2. The molecular formula is C16H21F3N2O. The Bertz CT molecular complexity index is 530. The molecule has 2 N–H and O–H groups in total. The van der Waals surface area contributed by atoms with Crippen LogP contribution in [-0.2, 0) is 17.4 Å². The summed E-state index contributed by atoms with van der Waals surface area (Å²) < 4.78 is 38.2. The van der Waals surface area contributed by atoms with Gasteiger partial charge in [-0.2, -0.15) is 13.2 Å². The number of carbonyl (C=O) groups is 1. The lowest BCUT2D eigenvalue weighted by molar-refractivity contribution is -0.137. The molecule has 6 heteroatoms. The van der Waals surface area contributed by atoms with Gasteiger partial charge in [-0.15, -0.1) is 0 Å². The molecule has 1 aromatic carbocycles. The first-order valence-corrected chi connectivity index (χ1v) is 7.49. The predicted octanol–water partition coefficient (Wildman–Crippen LogP) is 2.83. The lowest BCUT2D eigenvalue weighted by Gasteiger charge is -2.26. The zero-order valence-electron chi connectivity index (χ0n) is 12.6. The summed E-state index contributed by atoms with van der Waals surface area (Å²) in [6.07, 6.45) is -2.22. The summed E-state index contributed by atoms with van der Waals surface area (Å²) >= 11 is 0. The highest BCUT2D eigenvalue weighted by Gasteiger charge is 2.32. The molecule has 0 spiro atoms. The first-order chi connectivity index (χ1) is 10.3. The van der Waals surface area contributed by atoms with E-state index in [-0.39, 0.29) is 17.9 Å². The highest BCUT2D eigenvalue weighted by molar-refractivity contribution is 5.79. The van der Waals surface area contributed by atoms with E-state index in [1.54, 1.807) is 17.9 Å². The van der Waals surface area contributed by atoms with E-state index in [4.69, 9.17) is 5.73 Å². The molecule has 22 heavy (non-hydrogen) atoms. The molecule has 1 fully saturated rings. The van der Waals surface area contributed by atoms with Crippen molar-refractivity contribution >= 4 is 5.91 Å². The summed E-state index contributed by atoms with van der Waals surface area (Å²) in [5.41, 5.74) is 5.52. The van der Waals surface area contributed by atoms with Crippen LogP contribution in [0.2, 0.25) is 0 Å². The SMILES string of the molecule is CC(Cc1cccc(C(F)(F)F)c1)C(=O)N1CCCC1CN. The number of alkyl halides is 3. The Morgan fingerprint density at radius 1 is 1.45 bits per heavy atom. The Morgan fingerprint density at radius 3 is 2.82 bits per heavy atom. The number of halogens is 3. The van der Waals surface area contributed by atoms with Gasteiger partial charge in [0, 0.05) is 25.0 Å². The average molecular weight is 314 g/mol. The van der Waals surface area contributed by atoms with E-state index >= 15 is 0 Å². The Hall–Kier alpha value is -1.56. The first-order valence-electron chi connectivity index (χ1n) is 7.49. The fourth-order valence-electron chi connectivity index (χ4n) is 2.97. The second-order valence-electron chi connectivity index (χ2n) is 5.87. The van der Waals surface area contributed by atoms with E-state index in [0.29, 0.717) is 25.1 Å². The van der Waals surface area contributed by atoms with Crippen molar-refractivity contribution in [1.82, 2.24) is 4.90 Å². The van der Waals surface area contributed by atoms with Crippen molar-refractivity contribution in [2.24, 2.45) is 11.7 Å². The van der Waals surface area contributed by atoms with Gasteiger partial charge in [0.25, 0.3) is 0 Å². The molecule has 1 aliphatic rings. The van der Waals surface area contributed by atoms with Gasteiger partial charge in [-0.25, -0.2) is 0 Å². The summed E-state index contributed by atoms with van der Waals surface area (Å²) in [5.74, 6) is -0.374. The van der Waals surface area contributed by atoms with Crippen molar-refractivity contribution in [2.45, 2.75) is 38.4 Å². The van der Waals surface area contributed by atoms with Crippen LogP contribution in [0.4, 0.5) is 13.2 Å². The fourth-order valence-corrected chi connectivity index (χ4v) is 2.97. The third-order valence-electron chi connectivity index (χ3n) is 4.15. The fraction of sp³-hybridized carbons (Fsp3) is 0.562. The minimum atomic E-state index is -4.36. The molecule has 0 aromatic heterocycles. The van der Waals surface area contributed by atoms with E-state index in [2.05, 4.69) is 0 Å². The number of likely N-dealkylation sites (tertiary alicyclic amines) is 1. The number of rotatable bonds is 4. The zero-order valence-corrected chi connectivity index (χ0v) is 12.6. The second kappa shape index (κ2) is 6.69. The van der Waals surface area contributed by atoms with Gasteiger partial charge in [-0.1, -0.05) is 25.1 Å². The van der Waals surface area contributed by atoms with Crippen LogP contribution in [0.3, 0.4) is 0 Å². The van der Waals surface area contributed by atoms with Crippen LogP contribution in [0.15, 0.2) is 24.3 Å². The molecule has 0 radical (unpaired) electrons. The molecule has 1 amide bonds. The van der Waals surface area contributed by atoms with Crippen molar-refractivity contribution in [3.63, 3.8) is 0 Å². The minimum absolute atomic E-state index is 0.0228. The van der Waals surface area contributed by atoms with E-state index in [1.807, 2.05) is 0 Å². The highest BCUT2D eigenvalue weighted by Crippen LogP contribution is 2.30. The summed E-state index contributed by atoms with van der Waals surface area (Å²) in [6.45, 7) is 2.88. The van der Waals surface area contributed by atoms with Crippen LogP contribution < -0.4 is 5.73 Å². The molecule has 1 heterocycles. The van der Waals surface area contributed by atoms with Crippen molar-refractivity contribution < 1.29 is 18.0 Å². The van der Waals surface area contributed by atoms with E-state index < -0.39 is 11.7 Å². The maximum atomic E-state index is 12.7. The van der Waals surface area contributed by atoms with Crippen molar-refractivity contribution in [1.29, 1.82) is 0 Å². The van der Waals surface area contributed by atoms with Gasteiger partial charge in [-0.05, 0) is 30.9 Å². The highest BCUT2D eigenvalue weighted by atomic mass is 19.4. The minimum Gasteiger partial charge on any atom is -0.338 e. The number of nitrogens with zero attached hydrogens (tertiary/aromatic N) is 1. The Labute approximate surface area is 128 Å². The molecule has 1 aliphatic heterocycles. The number of amides is 1. The van der Waals surface area contributed by atoms with Crippen molar-refractivity contribution in [2.75, 3.05) is 13.1 Å². The van der Waals surface area contributed by atoms with E-state index in [0.717, 1.165) is 25.0 Å². The van der Waals surface area contributed by atoms with E-state index in [9.17, 15) is 18.0 Å². The second-order valence-corrected chi connectivity index (χ2v) is 5.87. The van der Waals surface area contributed by atoms with Crippen LogP contribution >= 0.6 is 0 Å². The third kappa shape index (κ3) is 3.80. The average Bonchev–Trinajstić information content (AvgIpc) is 2.94. The third-order valence-corrected chi connectivity index (χ3v) is 4.15. The molecule has 0 saturated carbocycles. The van der Waals surface area contributed by atoms with Crippen molar-refractivity contribution in [3.8, 4) is 0 Å². The summed E-state index contributed by atoms with van der Waals surface area (Å²) in [6, 6.07) is 5.24. The topological polar surface area (TPSA) is 46.3 Å². The standard InChI is InChI=1S/C16H21F3N2O/c1-11(15(22)21-7-3-6-14(21)10-20)8-12-4-2-5-13(9-12)16(17,18)19/h2,4-5,9,11,14H,3,6-8,10,20H2,1H3. The van der Waals surface area contributed by atoms with Crippen LogP contribution in [0.25, 0.3) is 0 Å². The predicted molar refractivity (Wildman–Crippen MR) is 78.1 cm³/mol. The van der Waals surface area contributed by atoms with Gasteiger partial charge < -0.3 is 10.6 Å². The normalized spacial score (nSPS) is 20.2. The number of benzene rings is 1. The largest absolute Gasteiger partial charge is 0.416 e. The number of hydrogen-bond acceptors (Lipinski definition) is 2. The molecule has 2 unspecified atom stereocenters. The quantitative estimate of drug-likeness (QED) is 0.929. The van der Waals surface area contributed by atoms with E-state index in [1.165, 1.54) is 6.07 Å². The van der Waals surface area contributed by atoms with Gasteiger partial charge in [0.1, 0.15) is 0 Å². The van der Waals surface area contributed by atoms with Gasteiger partial charge in [-0.3, -0.25) is 4.79 Å². The smallest absolute Gasteiger partial charge is 0.338 e. The molecule has 1 saturated heterocycles. The zero-order chi connectivity index (χ0) is 16.3. The molecule has 2 rings (SSSR count). The number of hydrogen-bond donors (Lipinski definition) is 1. The van der Waals surface area contributed by atoms with Gasteiger partial charge in [0.05, 0.1) is 5.56 Å². The molecule has 0 bridgehead atoms.